The Hall–Kier alpha value is -3.91. The number of ether oxygens (including phenoxy) is 1. The summed E-state index contributed by atoms with van der Waals surface area (Å²) in [6.07, 6.45) is 3.30. The van der Waals surface area contributed by atoms with E-state index in [-0.39, 0.29) is 0 Å². The minimum absolute atomic E-state index is 0.376. The fourth-order valence-electron chi connectivity index (χ4n) is 3.26. The van der Waals surface area contributed by atoms with E-state index in [9.17, 15) is 5.26 Å². The second-order valence-corrected chi connectivity index (χ2v) is 6.26. The standard InChI is InChI=1S/C23H18N4O/c1-2-28-21-6-4-3-5-17(21)15-7-9-16(10-8-15)23-19(13-24)22(25)18-11-12-26-14-20(18)27-23/h3-12,14H,2H2,1H3,(H2,25,27). The molecule has 0 aliphatic carbocycles. The van der Waals surface area contributed by atoms with Crippen molar-refractivity contribution in [2.75, 3.05) is 12.3 Å². The lowest BCUT2D eigenvalue weighted by molar-refractivity contribution is 0.341. The third-order valence-electron chi connectivity index (χ3n) is 4.60. The quantitative estimate of drug-likeness (QED) is 0.560. The molecule has 0 radical (unpaired) electrons. The lowest BCUT2D eigenvalue weighted by Gasteiger charge is -2.12. The summed E-state index contributed by atoms with van der Waals surface area (Å²) in [6, 6.07) is 19.8. The summed E-state index contributed by atoms with van der Waals surface area (Å²) in [4.78, 5) is 8.75. The van der Waals surface area contributed by atoms with E-state index in [0.29, 0.717) is 29.1 Å². The van der Waals surface area contributed by atoms with E-state index >= 15 is 0 Å². The summed E-state index contributed by atoms with van der Waals surface area (Å²) in [5, 5.41) is 10.4. The van der Waals surface area contributed by atoms with Gasteiger partial charge in [0.1, 0.15) is 17.4 Å². The van der Waals surface area contributed by atoms with Crippen LogP contribution in [0.4, 0.5) is 5.69 Å². The number of nitrogens with zero attached hydrogens (tertiary/aromatic N) is 3. The molecule has 136 valence electrons. The fraction of sp³-hybridized carbons (Fsp3) is 0.0870. The molecule has 0 atom stereocenters. The van der Waals surface area contributed by atoms with Gasteiger partial charge in [-0.1, -0.05) is 42.5 Å². The van der Waals surface area contributed by atoms with Gasteiger partial charge in [0.2, 0.25) is 0 Å². The van der Waals surface area contributed by atoms with Gasteiger partial charge in [0.05, 0.1) is 29.7 Å². The molecule has 0 fully saturated rings. The van der Waals surface area contributed by atoms with E-state index in [2.05, 4.69) is 16.0 Å². The van der Waals surface area contributed by atoms with Crippen molar-refractivity contribution in [3.05, 3.63) is 72.6 Å². The Kier molecular flexibility index (Phi) is 4.61. The van der Waals surface area contributed by atoms with Crippen LogP contribution in [0, 0.1) is 11.3 Å². The Morgan fingerprint density at radius 2 is 1.79 bits per heavy atom. The van der Waals surface area contributed by atoms with Crippen molar-refractivity contribution in [1.82, 2.24) is 9.97 Å². The molecule has 2 aromatic heterocycles. The smallest absolute Gasteiger partial charge is 0.127 e. The maximum atomic E-state index is 9.65. The molecule has 0 unspecified atom stereocenters. The maximum absolute atomic E-state index is 9.65. The number of hydrogen-bond acceptors (Lipinski definition) is 5. The molecular weight excluding hydrogens is 348 g/mol. The number of aromatic nitrogens is 2. The molecule has 5 nitrogen and oxygen atoms in total. The van der Waals surface area contributed by atoms with Crippen LogP contribution in [-0.4, -0.2) is 16.6 Å². The van der Waals surface area contributed by atoms with Crippen LogP contribution < -0.4 is 10.5 Å². The third kappa shape index (κ3) is 3.01. The van der Waals surface area contributed by atoms with Gasteiger partial charge in [0, 0.05) is 22.7 Å². The molecule has 0 aliphatic heterocycles. The number of rotatable bonds is 4. The number of nitrogen functional groups attached to an aromatic ring is 1. The first-order valence-electron chi connectivity index (χ1n) is 8.99. The Labute approximate surface area is 163 Å². The summed E-state index contributed by atoms with van der Waals surface area (Å²) in [6.45, 7) is 2.57. The minimum Gasteiger partial charge on any atom is -0.493 e. The molecule has 0 spiro atoms. The van der Waals surface area contributed by atoms with Gasteiger partial charge >= 0.3 is 0 Å². The normalized spacial score (nSPS) is 10.6. The molecule has 5 heteroatoms. The highest BCUT2D eigenvalue weighted by Crippen LogP contribution is 2.34. The lowest BCUT2D eigenvalue weighted by atomic mass is 9.99. The van der Waals surface area contributed by atoms with Crippen molar-refractivity contribution >= 4 is 16.6 Å². The largest absolute Gasteiger partial charge is 0.493 e. The highest BCUT2D eigenvalue weighted by Gasteiger charge is 2.15. The van der Waals surface area contributed by atoms with E-state index in [0.717, 1.165) is 27.8 Å². The molecule has 2 heterocycles. The second-order valence-electron chi connectivity index (χ2n) is 6.26. The van der Waals surface area contributed by atoms with E-state index in [1.165, 1.54) is 0 Å². The number of pyridine rings is 2. The molecule has 0 saturated heterocycles. The van der Waals surface area contributed by atoms with Crippen LogP contribution in [0.15, 0.2) is 67.0 Å². The summed E-state index contributed by atoms with van der Waals surface area (Å²) < 4.78 is 5.73. The first kappa shape index (κ1) is 17.5. The van der Waals surface area contributed by atoms with Crippen LogP contribution in [0.1, 0.15) is 12.5 Å². The topological polar surface area (TPSA) is 84.8 Å². The van der Waals surface area contributed by atoms with Crippen molar-refractivity contribution in [2.24, 2.45) is 0 Å². The SMILES string of the molecule is CCOc1ccccc1-c1ccc(-c2nc3cnccc3c(N)c2C#N)cc1. The lowest BCUT2D eigenvalue weighted by Crippen LogP contribution is -1.99. The number of nitriles is 1. The highest BCUT2D eigenvalue weighted by molar-refractivity contribution is 5.96. The van der Waals surface area contributed by atoms with Crippen molar-refractivity contribution < 1.29 is 4.74 Å². The minimum atomic E-state index is 0.376. The monoisotopic (exact) mass is 366 g/mol. The van der Waals surface area contributed by atoms with Gasteiger partial charge in [-0.15, -0.1) is 0 Å². The van der Waals surface area contributed by atoms with Crippen molar-refractivity contribution in [1.29, 1.82) is 5.26 Å². The number of hydrogen-bond donors (Lipinski definition) is 1. The van der Waals surface area contributed by atoms with Gasteiger partial charge in [-0.2, -0.15) is 5.26 Å². The molecule has 0 bridgehead atoms. The average molecular weight is 366 g/mol. The Bertz CT molecular complexity index is 1190. The van der Waals surface area contributed by atoms with Crippen molar-refractivity contribution in [3.63, 3.8) is 0 Å². The highest BCUT2D eigenvalue weighted by atomic mass is 16.5. The van der Waals surface area contributed by atoms with Gasteiger partial charge in [-0.25, -0.2) is 4.98 Å². The number of anilines is 1. The van der Waals surface area contributed by atoms with E-state index in [1.54, 1.807) is 18.5 Å². The fourth-order valence-corrected chi connectivity index (χ4v) is 3.26. The van der Waals surface area contributed by atoms with Gasteiger partial charge in [0.25, 0.3) is 0 Å². The van der Waals surface area contributed by atoms with Gasteiger partial charge < -0.3 is 10.5 Å². The zero-order valence-electron chi connectivity index (χ0n) is 15.4. The Morgan fingerprint density at radius 1 is 1.04 bits per heavy atom. The van der Waals surface area contributed by atoms with E-state index < -0.39 is 0 Å². The van der Waals surface area contributed by atoms with Crippen LogP contribution in [0.3, 0.4) is 0 Å². The Morgan fingerprint density at radius 3 is 2.54 bits per heavy atom. The summed E-state index contributed by atoms with van der Waals surface area (Å²) in [5.74, 6) is 0.842. The Balaban J connectivity index is 1.81. The summed E-state index contributed by atoms with van der Waals surface area (Å²) in [5.41, 5.74) is 11.1. The number of para-hydroxylation sites is 1. The first-order valence-corrected chi connectivity index (χ1v) is 8.99. The van der Waals surface area contributed by atoms with Crippen molar-refractivity contribution in [3.8, 4) is 34.2 Å². The molecule has 2 aromatic carbocycles. The van der Waals surface area contributed by atoms with Gasteiger partial charge in [0.15, 0.2) is 0 Å². The molecule has 4 rings (SSSR count). The molecule has 28 heavy (non-hydrogen) atoms. The predicted octanol–water partition coefficient (Wildman–Crippen LogP) is 4.82. The van der Waals surface area contributed by atoms with E-state index in [4.69, 9.17) is 10.5 Å². The average Bonchev–Trinajstić information content (AvgIpc) is 2.74. The van der Waals surface area contributed by atoms with Crippen LogP contribution in [0.5, 0.6) is 5.75 Å². The van der Waals surface area contributed by atoms with Gasteiger partial charge in [-0.05, 0) is 24.6 Å². The third-order valence-corrected chi connectivity index (χ3v) is 4.60. The molecule has 2 N–H and O–H groups in total. The van der Waals surface area contributed by atoms with Crippen molar-refractivity contribution in [2.45, 2.75) is 6.92 Å². The van der Waals surface area contributed by atoms with E-state index in [1.807, 2.05) is 55.5 Å². The number of fused-ring (bicyclic) bond motifs is 1. The van der Waals surface area contributed by atoms with Crippen LogP contribution in [0.25, 0.3) is 33.3 Å². The predicted molar refractivity (Wildman–Crippen MR) is 111 cm³/mol. The second kappa shape index (κ2) is 7.37. The zero-order valence-corrected chi connectivity index (χ0v) is 15.4. The zero-order chi connectivity index (χ0) is 19.5. The maximum Gasteiger partial charge on any atom is 0.127 e. The molecule has 0 amide bonds. The van der Waals surface area contributed by atoms with Crippen LogP contribution in [0.2, 0.25) is 0 Å². The van der Waals surface area contributed by atoms with Crippen LogP contribution >= 0.6 is 0 Å². The summed E-state index contributed by atoms with van der Waals surface area (Å²) in [7, 11) is 0. The molecule has 0 aliphatic rings. The molecule has 0 saturated carbocycles. The number of nitrogens with two attached hydrogens (primary N) is 1. The molecular formula is C23H18N4O. The van der Waals surface area contributed by atoms with Gasteiger partial charge in [-0.3, -0.25) is 4.98 Å². The number of benzene rings is 2. The molecule has 4 aromatic rings. The summed E-state index contributed by atoms with van der Waals surface area (Å²) >= 11 is 0. The first-order chi connectivity index (χ1) is 13.7. The van der Waals surface area contributed by atoms with Crippen LogP contribution in [-0.2, 0) is 0 Å².